The van der Waals surface area contributed by atoms with E-state index in [1.54, 1.807) is 7.11 Å². The minimum absolute atomic E-state index is 0.176. The second-order valence-electron chi connectivity index (χ2n) is 8.36. The minimum Gasteiger partial charge on any atom is -0.494 e. The van der Waals surface area contributed by atoms with E-state index in [9.17, 15) is 4.79 Å². The number of ether oxygens (including phenoxy) is 2. The molecule has 1 N–H and O–H groups in total. The second-order valence-corrected chi connectivity index (χ2v) is 8.36. The predicted molar refractivity (Wildman–Crippen MR) is 105 cm³/mol. The van der Waals surface area contributed by atoms with Crippen molar-refractivity contribution in [2.75, 3.05) is 39.9 Å². The van der Waals surface area contributed by atoms with Gasteiger partial charge in [-0.15, -0.1) is 0 Å². The van der Waals surface area contributed by atoms with Gasteiger partial charge in [-0.2, -0.15) is 0 Å². The molecule has 1 saturated carbocycles. The molecule has 1 amide bonds. The minimum atomic E-state index is 0.176. The Morgan fingerprint density at radius 2 is 1.93 bits per heavy atom. The summed E-state index contributed by atoms with van der Waals surface area (Å²) in [7, 11) is 1.70. The first-order chi connectivity index (χ1) is 13.2. The first-order valence-corrected chi connectivity index (χ1v) is 10.5. The fourth-order valence-electron chi connectivity index (χ4n) is 4.56. The van der Waals surface area contributed by atoms with E-state index in [-0.39, 0.29) is 12.0 Å². The molecule has 1 unspecified atom stereocenters. The zero-order chi connectivity index (χ0) is 18.6. The molecule has 0 aromatic heterocycles. The van der Waals surface area contributed by atoms with Gasteiger partial charge in [0.1, 0.15) is 5.75 Å². The number of methoxy groups -OCH3 is 1. The lowest BCUT2D eigenvalue weighted by atomic mass is 9.91. The summed E-state index contributed by atoms with van der Waals surface area (Å²) in [4.78, 5) is 14.0. The van der Waals surface area contributed by atoms with Gasteiger partial charge in [-0.3, -0.25) is 4.79 Å². The van der Waals surface area contributed by atoms with Crippen LogP contribution in [-0.4, -0.2) is 56.8 Å². The highest BCUT2D eigenvalue weighted by Crippen LogP contribution is 2.49. The highest BCUT2D eigenvalue weighted by molar-refractivity contribution is 5.79. The highest BCUT2D eigenvalue weighted by atomic mass is 16.5. The van der Waals surface area contributed by atoms with Crippen molar-refractivity contribution in [3.8, 4) is 5.75 Å². The number of hydrogen-bond acceptors (Lipinski definition) is 4. The van der Waals surface area contributed by atoms with Crippen molar-refractivity contribution in [2.45, 2.75) is 38.2 Å². The van der Waals surface area contributed by atoms with Crippen molar-refractivity contribution in [1.82, 2.24) is 10.2 Å². The molecule has 27 heavy (non-hydrogen) atoms. The molecule has 1 aromatic rings. The Morgan fingerprint density at radius 3 is 2.63 bits per heavy atom. The Kier molecular flexibility index (Phi) is 5.98. The smallest absolute Gasteiger partial charge is 0.227 e. The first kappa shape index (κ1) is 18.8. The van der Waals surface area contributed by atoms with Gasteiger partial charge >= 0.3 is 0 Å². The predicted octanol–water partition coefficient (Wildman–Crippen LogP) is 2.49. The van der Waals surface area contributed by atoms with Crippen LogP contribution in [0.25, 0.3) is 0 Å². The summed E-state index contributed by atoms with van der Waals surface area (Å²) in [5.41, 5.74) is 1.04. The van der Waals surface area contributed by atoms with E-state index in [0.717, 1.165) is 48.8 Å². The van der Waals surface area contributed by atoms with Crippen molar-refractivity contribution < 1.29 is 14.3 Å². The molecular weight excluding hydrogens is 340 g/mol. The summed E-state index contributed by atoms with van der Waals surface area (Å²) in [5.74, 6) is 3.85. The monoisotopic (exact) mass is 372 g/mol. The van der Waals surface area contributed by atoms with Gasteiger partial charge in [0.15, 0.2) is 0 Å². The lowest BCUT2D eigenvalue weighted by molar-refractivity contribution is -0.142. The number of piperidine rings is 1. The molecule has 148 valence electrons. The largest absolute Gasteiger partial charge is 0.494 e. The van der Waals surface area contributed by atoms with Crippen LogP contribution in [0.4, 0.5) is 0 Å². The molecule has 3 aliphatic rings. The third kappa shape index (κ3) is 4.82. The summed E-state index contributed by atoms with van der Waals surface area (Å²) < 4.78 is 11.2. The number of likely N-dealkylation sites (tertiary alicyclic amines) is 1. The van der Waals surface area contributed by atoms with Crippen LogP contribution in [0.5, 0.6) is 5.75 Å². The van der Waals surface area contributed by atoms with Crippen LogP contribution in [0.15, 0.2) is 24.3 Å². The topological polar surface area (TPSA) is 50.8 Å². The third-order valence-corrected chi connectivity index (χ3v) is 6.54. The van der Waals surface area contributed by atoms with Gasteiger partial charge in [0.2, 0.25) is 5.91 Å². The standard InChI is InChI=1S/C22H32N2O3/c1-26-20-14-24(15-20)22(25)12-16-2-4-19(5-3-16)27-11-8-18-13-21(18)17-6-9-23-10-7-17/h2-5,17-18,20-21,23H,6-15H2,1H3/t18?,21-/m1/s1. The lowest BCUT2D eigenvalue weighted by Crippen LogP contribution is -2.54. The zero-order valence-corrected chi connectivity index (χ0v) is 16.4. The molecule has 1 aromatic carbocycles. The lowest BCUT2D eigenvalue weighted by Gasteiger charge is -2.38. The van der Waals surface area contributed by atoms with Gasteiger partial charge in [0.05, 0.1) is 19.1 Å². The number of rotatable bonds is 8. The van der Waals surface area contributed by atoms with Crippen molar-refractivity contribution in [3.05, 3.63) is 29.8 Å². The van der Waals surface area contributed by atoms with E-state index in [1.165, 1.54) is 38.8 Å². The maximum Gasteiger partial charge on any atom is 0.227 e. The number of hydrogen-bond donors (Lipinski definition) is 1. The number of amides is 1. The fraction of sp³-hybridized carbons (Fsp3) is 0.682. The van der Waals surface area contributed by atoms with Gasteiger partial charge in [0.25, 0.3) is 0 Å². The molecule has 2 atom stereocenters. The summed E-state index contributed by atoms with van der Waals surface area (Å²) in [6.07, 6.45) is 5.94. The van der Waals surface area contributed by atoms with Crippen LogP contribution in [0.3, 0.4) is 0 Å². The quantitative estimate of drug-likeness (QED) is 0.762. The van der Waals surface area contributed by atoms with Crippen molar-refractivity contribution in [2.24, 2.45) is 17.8 Å². The van der Waals surface area contributed by atoms with E-state index in [1.807, 2.05) is 29.2 Å². The Morgan fingerprint density at radius 1 is 1.19 bits per heavy atom. The molecule has 5 nitrogen and oxygen atoms in total. The number of nitrogens with zero attached hydrogens (tertiary/aromatic N) is 1. The molecule has 1 aliphatic carbocycles. The van der Waals surface area contributed by atoms with Gasteiger partial charge in [0, 0.05) is 20.2 Å². The third-order valence-electron chi connectivity index (χ3n) is 6.54. The molecule has 0 bridgehead atoms. The van der Waals surface area contributed by atoms with E-state index in [4.69, 9.17) is 9.47 Å². The normalized spacial score (nSPS) is 25.9. The summed E-state index contributed by atoms with van der Waals surface area (Å²) in [6, 6.07) is 8.01. The molecule has 0 radical (unpaired) electrons. The number of carbonyl (C=O) groups is 1. The molecule has 2 heterocycles. The summed E-state index contributed by atoms with van der Waals surface area (Å²) >= 11 is 0. The maximum absolute atomic E-state index is 12.2. The zero-order valence-electron chi connectivity index (χ0n) is 16.4. The fourth-order valence-corrected chi connectivity index (χ4v) is 4.56. The summed E-state index contributed by atoms with van der Waals surface area (Å²) in [5, 5.41) is 3.46. The van der Waals surface area contributed by atoms with Crippen molar-refractivity contribution in [3.63, 3.8) is 0 Å². The van der Waals surface area contributed by atoms with Crippen LogP contribution in [0, 0.1) is 17.8 Å². The molecule has 3 fully saturated rings. The van der Waals surface area contributed by atoms with Crippen LogP contribution in [-0.2, 0) is 16.0 Å². The van der Waals surface area contributed by atoms with Gasteiger partial charge in [-0.05, 0) is 74.2 Å². The Hall–Kier alpha value is -1.59. The van der Waals surface area contributed by atoms with Gasteiger partial charge < -0.3 is 19.7 Å². The van der Waals surface area contributed by atoms with Gasteiger partial charge in [-0.1, -0.05) is 12.1 Å². The molecule has 4 rings (SSSR count). The van der Waals surface area contributed by atoms with E-state index in [2.05, 4.69) is 5.32 Å². The van der Waals surface area contributed by atoms with Crippen LogP contribution < -0.4 is 10.1 Å². The van der Waals surface area contributed by atoms with E-state index >= 15 is 0 Å². The average Bonchev–Trinajstić information content (AvgIpc) is 3.43. The Bertz CT molecular complexity index is 621. The number of nitrogens with one attached hydrogen (secondary N) is 1. The average molecular weight is 373 g/mol. The van der Waals surface area contributed by atoms with Crippen LogP contribution in [0.1, 0.15) is 31.2 Å². The van der Waals surface area contributed by atoms with Crippen LogP contribution in [0.2, 0.25) is 0 Å². The van der Waals surface area contributed by atoms with Crippen molar-refractivity contribution in [1.29, 1.82) is 0 Å². The number of benzene rings is 1. The second kappa shape index (κ2) is 8.61. The Balaban J connectivity index is 1.14. The van der Waals surface area contributed by atoms with Gasteiger partial charge in [-0.25, -0.2) is 0 Å². The van der Waals surface area contributed by atoms with Crippen molar-refractivity contribution >= 4 is 5.91 Å². The molecule has 2 aliphatic heterocycles. The number of carbonyl (C=O) groups excluding carboxylic acids is 1. The molecular formula is C22H32N2O3. The maximum atomic E-state index is 12.2. The van der Waals surface area contributed by atoms with E-state index in [0.29, 0.717) is 6.42 Å². The summed E-state index contributed by atoms with van der Waals surface area (Å²) in [6.45, 7) is 4.64. The van der Waals surface area contributed by atoms with Crippen LogP contribution >= 0.6 is 0 Å². The SMILES string of the molecule is COC1CN(C(=O)Cc2ccc(OCCC3C[C@@H]3C3CCNCC3)cc2)C1. The molecule has 0 spiro atoms. The molecule has 5 heteroatoms. The highest BCUT2D eigenvalue weighted by Gasteiger charge is 2.42. The van der Waals surface area contributed by atoms with E-state index < -0.39 is 0 Å². The first-order valence-electron chi connectivity index (χ1n) is 10.5. The Labute approximate surface area is 162 Å². The molecule has 2 saturated heterocycles.